The number of carbonyl (C=O) groups is 1. The second-order valence-corrected chi connectivity index (χ2v) is 4.61. The molecule has 0 aliphatic carbocycles. The monoisotopic (exact) mass is 329 g/mol. The second kappa shape index (κ2) is 7.73. The number of hydrogen-bond acceptors (Lipinski definition) is 6. The van der Waals surface area contributed by atoms with E-state index in [-0.39, 0.29) is 11.3 Å². The summed E-state index contributed by atoms with van der Waals surface area (Å²) in [5, 5.41) is 14.4. The summed E-state index contributed by atoms with van der Waals surface area (Å²) in [6, 6.07) is 10.4. The SMILES string of the molecule is COc1ccc(/C=N\NC(=O)c2ccc([N+](=O)[O-])cc2)c(OC)c1. The molecule has 0 fully saturated rings. The summed E-state index contributed by atoms with van der Waals surface area (Å²) in [4.78, 5) is 22.0. The van der Waals surface area contributed by atoms with Crippen LogP contribution in [-0.4, -0.2) is 31.3 Å². The van der Waals surface area contributed by atoms with Crippen LogP contribution in [0.25, 0.3) is 0 Å². The average Bonchev–Trinajstić information content (AvgIpc) is 2.61. The lowest BCUT2D eigenvalue weighted by molar-refractivity contribution is -0.384. The number of hydrogen-bond donors (Lipinski definition) is 1. The minimum Gasteiger partial charge on any atom is -0.497 e. The average molecular weight is 329 g/mol. The quantitative estimate of drug-likeness (QED) is 0.498. The molecule has 24 heavy (non-hydrogen) atoms. The van der Waals surface area contributed by atoms with Crippen molar-refractivity contribution in [3.63, 3.8) is 0 Å². The molecule has 1 amide bonds. The fraction of sp³-hybridized carbons (Fsp3) is 0.125. The Morgan fingerprint density at radius 3 is 2.46 bits per heavy atom. The zero-order valence-corrected chi connectivity index (χ0v) is 13.1. The highest BCUT2D eigenvalue weighted by molar-refractivity contribution is 5.95. The van der Waals surface area contributed by atoms with E-state index in [4.69, 9.17) is 9.47 Å². The van der Waals surface area contributed by atoms with E-state index in [0.29, 0.717) is 17.1 Å². The smallest absolute Gasteiger partial charge is 0.271 e. The van der Waals surface area contributed by atoms with Crippen molar-refractivity contribution in [1.82, 2.24) is 5.43 Å². The molecule has 0 heterocycles. The molecule has 8 heteroatoms. The highest BCUT2D eigenvalue weighted by Crippen LogP contribution is 2.23. The Kier molecular flexibility index (Phi) is 5.45. The summed E-state index contributed by atoms with van der Waals surface area (Å²) < 4.78 is 10.3. The summed E-state index contributed by atoms with van der Waals surface area (Å²) in [7, 11) is 3.06. The van der Waals surface area contributed by atoms with Crippen LogP contribution >= 0.6 is 0 Å². The number of ether oxygens (including phenoxy) is 2. The van der Waals surface area contributed by atoms with Gasteiger partial charge in [-0.25, -0.2) is 5.43 Å². The minimum absolute atomic E-state index is 0.0852. The van der Waals surface area contributed by atoms with Crippen LogP contribution in [0, 0.1) is 10.1 Å². The molecule has 0 radical (unpaired) electrons. The fourth-order valence-electron chi connectivity index (χ4n) is 1.88. The van der Waals surface area contributed by atoms with Gasteiger partial charge in [-0.15, -0.1) is 0 Å². The molecule has 0 atom stereocenters. The number of rotatable bonds is 6. The van der Waals surface area contributed by atoms with Crippen LogP contribution in [0.4, 0.5) is 5.69 Å². The number of amides is 1. The maximum atomic E-state index is 11.9. The molecule has 124 valence electrons. The topological polar surface area (TPSA) is 103 Å². The third-order valence-corrected chi connectivity index (χ3v) is 3.15. The lowest BCUT2D eigenvalue weighted by atomic mass is 10.2. The summed E-state index contributed by atoms with van der Waals surface area (Å²) >= 11 is 0. The summed E-state index contributed by atoms with van der Waals surface area (Å²) in [6.45, 7) is 0. The molecule has 0 aromatic heterocycles. The van der Waals surface area contributed by atoms with Crippen molar-refractivity contribution >= 4 is 17.8 Å². The van der Waals surface area contributed by atoms with Crippen molar-refractivity contribution in [2.24, 2.45) is 5.10 Å². The van der Waals surface area contributed by atoms with E-state index in [9.17, 15) is 14.9 Å². The fourth-order valence-corrected chi connectivity index (χ4v) is 1.88. The first-order valence-corrected chi connectivity index (χ1v) is 6.85. The molecule has 0 spiro atoms. The number of nitrogens with one attached hydrogen (secondary N) is 1. The van der Waals surface area contributed by atoms with Gasteiger partial charge in [-0.05, 0) is 24.3 Å². The van der Waals surface area contributed by atoms with Gasteiger partial charge in [0, 0.05) is 29.3 Å². The van der Waals surface area contributed by atoms with Gasteiger partial charge in [0.2, 0.25) is 0 Å². The van der Waals surface area contributed by atoms with Gasteiger partial charge >= 0.3 is 0 Å². The van der Waals surface area contributed by atoms with Gasteiger partial charge in [-0.2, -0.15) is 5.10 Å². The van der Waals surface area contributed by atoms with Crippen LogP contribution in [0.5, 0.6) is 11.5 Å². The Morgan fingerprint density at radius 2 is 1.88 bits per heavy atom. The number of nitrogens with zero attached hydrogens (tertiary/aromatic N) is 2. The molecule has 2 aromatic rings. The van der Waals surface area contributed by atoms with Gasteiger partial charge in [-0.1, -0.05) is 0 Å². The Morgan fingerprint density at radius 1 is 1.17 bits per heavy atom. The third kappa shape index (κ3) is 4.07. The first-order chi connectivity index (χ1) is 11.5. The van der Waals surface area contributed by atoms with E-state index < -0.39 is 10.8 Å². The third-order valence-electron chi connectivity index (χ3n) is 3.15. The zero-order valence-electron chi connectivity index (χ0n) is 13.1. The predicted octanol–water partition coefficient (Wildman–Crippen LogP) is 2.38. The summed E-state index contributed by atoms with van der Waals surface area (Å²) in [5.74, 6) is 0.704. The molecule has 0 unspecified atom stereocenters. The molecule has 1 N–H and O–H groups in total. The van der Waals surface area contributed by atoms with E-state index in [0.717, 1.165) is 0 Å². The second-order valence-electron chi connectivity index (χ2n) is 4.61. The van der Waals surface area contributed by atoms with Gasteiger partial charge < -0.3 is 9.47 Å². The molecular formula is C16H15N3O5. The van der Waals surface area contributed by atoms with Crippen LogP contribution in [0.15, 0.2) is 47.6 Å². The summed E-state index contributed by atoms with van der Waals surface area (Å²) in [6.07, 6.45) is 1.43. The van der Waals surface area contributed by atoms with Crippen molar-refractivity contribution in [1.29, 1.82) is 0 Å². The largest absolute Gasteiger partial charge is 0.497 e. The van der Waals surface area contributed by atoms with Crippen LogP contribution < -0.4 is 14.9 Å². The number of carbonyl (C=O) groups excluding carboxylic acids is 1. The molecule has 2 aromatic carbocycles. The van der Waals surface area contributed by atoms with Gasteiger partial charge in [-0.3, -0.25) is 14.9 Å². The number of non-ortho nitro benzene ring substituents is 1. The highest BCUT2D eigenvalue weighted by atomic mass is 16.6. The zero-order chi connectivity index (χ0) is 17.5. The number of nitro benzene ring substituents is 1. The molecule has 0 bridgehead atoms. The normalized spacial score (nSPS) is 10.4. The van der Waals surface area contributed by atoms with E-state index in [1.165, 1.54) is 37.6 Å². The predicted molar refractivity (Wildman–Crippen MR) is 87.7 cm³/mol. The van der Waals surface area contributed by atoms with Gasteiger partial charge in [0.05, 0.1) is 25.4 Å². The van der Waals surface area contributed by atoms with Crippen molar-refractivity contribution in [3.05, 3.63) is 63.7 Å². The van der Waals surface area contributed by atoms with Gasteiger partial charge in [0.25, 0.3) is 11.6 Å². The van der Waals surface area contributed by atoms with Crippen molar-refractivity contribution < 1.29 is 19.2 Å². The van der Waals surface area contributed by atoms with Crippen LogP contribution in [0.3, 0.4) is 0 Å². The molecule has 0 aliphatic heterocycles. The van der Waals surface area contributed by atoms with Crippen molar-refractivity contribution in [2.75, 3.05) is 14.2 Å². The maximum absolute atomic E-state index is 11.9. The minimum atomic E-state index is -0.532. The molecular weight excluding hydrogens is 314 g/mol. The van der Waals surface area contributed by atoms with E-state index >= 15 is 0 Å². The lowest BCUT2D eigenvalue weighted by Crippen LogP contribution is -2.17. The van der Waals surface area contributed by atoms with Crippen LogP contribution in [0.2, 0.25) is 0 Å². The van der Waals surface area contributed by atoms with Gasteiger partial charge in [0.15, 0.2) is 0 Å². The highest BCUT2D eigenvalue weighted by Gasteiger charge is 2.09. The first kappa shape index (κ1) is 16.9. The molecule has 8 nitrogen and oxygen atoms in total. The molecule has 2 rings (SSSR count). The van der Waals surface area contributed by atoms with E-state index in [1.807, 2.05) is 0 Å². The number of hydrazone groups is 1. The Hall–Kier alpha value is -3.42. The maximum Gasteiger partial charge on any atom is 0.271 e. The summed E-state index contributed by atoms with van der Waals surface area (Å²) in [5.41, 5.74) is 3.18. The van der Waals surface area contributed by atoms with Crippen molar-refractivity contribution in [2.45, 2.75) is 0 Å². The van der Waals surface area contributed by atoms with E-state index in [1.54, 1.807) is 25.3 Å². The lowest BCUT2D eigenvalue weighted by Gasteiger charge is -2.06. The first-order valence-electron chi connectivity index (χ1n) is 6.85. The van der Waals surface area contributed by atoms with Crippen molar-refractivity contribution in [3.8, 4) is 11.5 Å². The van der Waals surface area contributed by atoms with Crippen LogP contribution in [0.1, 0.15) is 15.9 Å². The van der Waals surface area contributed by atoms with Crippen LogP contribution in [-0.2, 0) is 0 Å². The molecule has 0 saturated carbocycles. The van der Waals surface area contributed by atoms with Gasteiger partial charge in [0.1, 0.15) is 11.5 Å². The number of nitro groups is 1. The molecule has 0 saturated heterocycles. The standard InChI is InChI=1S/C16H15N3O5/c1-23-14-8-5-12(15(9-14)24-2)10-17-18-16(20)11-3-6-13(7-4-11)19(21)22/h3-10H,1-2H3,(H,18,20)/b17-10-. The molecule has 0 aliphatic rings. The Labute approximate surface area is 137 Å². The number of benzene rings is 2. The van der Waals surface area contributed by atoms with E-state index in [2.05, 4.69) is 10.5 Å². The Bertz CT molecular complexity index is 772. The number of methoxy groups -OCH3 is 2. The Balaban J connectivity index is 2.05.